The van der Waals surface area contributed by atoms with Crippen molar-refractivity contribution in [2.75, 3.05) is 12.4 Å². The van der Waals surface area contributed by atoms with Crippen LogP contribution in [0.15, 0.2) is 18.2 Å². The first kappa shape index (κ1) is 15.1. The van der Waals surface area contributed by atoms with Crippen LogP contribution in [0.4, 0.5) is 0 Å². The molecule has 0 N–H and O–H groups in total. The van der Waals surface area contributed by atoms with Gasteiger partial charge in [-0.05, 0) is 63.4 Å². The molecule has 1 aromatic carbocycles. The monoisotopic (exact) mass is 481 g/mol. The molecule has 0 heterocycles. The largest absolute Gasteiger partial charge is 0.748 e. The average molecular weight is 481 g/mol. The topological polar surface area (TPSA) is 83.5 Å². The van der Waals surface area contributed by atoms with E-state index in [-0.39, 0.29) is 0 Å². The Hall–Kier alpha value is 0.0600. The van der Waals surface area contributed by atoms with E-state index in [9.17, 15) is 17.8 Å². The molecule has 8 heteroatoms. The summed E-state index contributed by atoms with van der Waals surface area (Å²) in [5.74, 6) is -1.34. The number of hydrogen-bond donors (Lipinski definition) is 0. The van der Waals surface area contributed by atoms with E-state index < -0.39 is 28.4 Å². The predicted octanol–water partition coefficient (Wildman–Crippen LogP) is 1.60. The normalized spacial score (nSPS) is 11.2. The average Bonchev–Trinajstić information content (AvgIpc) is 2.19. The summed E-state index contributed by atoms with van der Waals surface area (Å²) in [6.07, 6.45) is 0. The van der Waals surface area contributed by atoms with Crippen molar-refractivity contribution < 1.29 is 22.5 Å². The van der Waals surface area contributed by atoms with E-state index in [1.165, 1.54) is 0 Å². The van der Waals surface area contributed by atoms with Gasteiger partial charge in [-0.3, -0.25) is 0 Å². The predicted molar refractivity (Wildman–Crippen MR) is 76.7 cm³/mol. The molecule has 0 aliphatic carbocycles. The van der Waals surface area contributed by atoms with Gasteiger partial charge >= 0.3 is 5.97 Å². The SMILES string of the molecule is O=C(OCCS(=O)(=O)[O-])c1cc(I)ccc1I. The Morgan fingerprint density at radius 3 is 2.59 bits per heavy atom. The smallest absolute Gasteiger partial charge is 0.339 e. The van der Waals surface area contributed by atoms with Gasteiger partial charge in [0.2, 0.25) is 0 Å². The fraction of sp³-hybridized carbons (Fsp3) is 0.222. The Bertz CT molecular complexity index is 526. The maximum absolute atomic E-state index is 11.6. The second kappa shape index (κ2) is 6.29. The summed E-state index contributed by atoms with van der Waals surface area (Å²) in [5, 5.41) is 0. The van der Waals surface area contributed by atoms with Gasteiger partial charge in [-0.1, -0.05) is 0 Å². The minimum atomic E-state index is -4.35. The number of benzene rings is 1. The van der Waals surface area contributed by atoms with Crippen LogP contribution in [0.25, 0.3) is 0 Å². The molecule has 1 aromatic rings. The van der Waals surface area contributed by atoms with Gasteiger partial charge in [-0.25, -0.2) is 13.2 Å². The van der Waals surface area contributed by atoms with Gasteiger partial charge in [-0.15, -0.1) is 0 Å². The molecular weight excluding hydrogens is 474 g/mol. The van der Waals surface area contributed by atoms with Crippen molar-refractivity contribution in [2.45, 2.75) is 0 Å². The quantitative estimate of drug-likeness (QED) is 0.371. The van der Waals surface area contributed by atoms with Crippen LogP contribution >= 0.6 is 45.2 Å². The number of ether oxygens (including phenoxy) is 1. The maximum atomic E-state index is 11.6. The highest BCUT2D eigenvalue weighted by atomic mass is 127. The van der Waals surface area contributed by atoms with Gasteiger partial charge in [0, 0.05) is 7.14 Å². The second-order valence-corrected chi connectivity index (χ2v) is 6.95. The lowest BCUT2D eigenvalue weighted by atomic mass is 10.2. The lowest BCUT2D eigenvalue weighted by molar-refractivity contribution is 0.0527. The van der Waals surface area contributed by atoms with Crippen molar-refractivity contribution in [1.29, 1.82) is 0 Å². The van der Waals surface area contributed by atoms with E-state index in [1.54, 1.807) is 12.1 Å². The molecule has 0 unspecified atom stereocenters. The number of hydrogen-bond acceptors (Lipinski definition) is 5. The molecule has 94 valence electrons. The van der Waals surface area contributed by atoms with E-state index in [4.69, 9.17) is 4.74 Å². The number of carbonyl (C=O) groups excluding carboxylic acids is 1. The molecule has 1 rings (SSSR count). The lowest BCUT2D eigenvalue weighted by Gasteiger charge is -2.08. The lowest BCUT2D eigenvalue weighted by Crippen LogP contribution is -2.15. The first-order valence-electron chi connectivity index (χ1n) is 4.35. The fourth-order valence-corrected chi connectivity index (χ4v) is 2.30. The zero-order valence-corrected chi connectivity index (χ0v) is 13.5. The van der Waals surface area contributed by atoms with Crippen LogP contribution < -0.4 is 0 Å². The van der Waals surface area contributed by atoms with Crippen LogP contribution in [-0.2, 0) is 14.9 Å². The van der Waals surface area contributed by atoms with Crippen LogP contribution in [0.2, 0.25) is 0 Å². The number of esters is 1. The van der Waals surface area contributed by atoms with Gasteiger partial charge in [0.05, 0.1) is 21.4 Å². The standard InChI is InChI=1S/C9H8I2O5S/c10-6-1-2-8(11)7(5-6)9(12)16-3-4-17(13,14)15/h1-2,5H,3-4H2,(H,13,14,15)/p-1. The molecule has 0 bridgehead atoms. The van der Waals surface area contributed by atoms with E-state index in [1.807, 2.05) is 51.2 Å². The summed E-state index contributed by atoms with van der Waals surface area (Å²) in [6.45, 7) is -0.424. The van der Waals surface area contributed by atoms with Gasteiger partial charge in [0.1, 0.15) is 6.61 Å². The van der Waals surface area contributed by atoms with Crippen molar-refractivity contribution in [2.24, 2.45) is 0 Å². The highest BCUT2D eigenvalue weighted by molar-refractivity contribution is 14.1. The van der Waals surface area contributed by atoms with Crippen LogP contribution in [0.1, 0.15) is 10.4 Å². The van der Waals surface area contributed by atoms with Crippen molar-refractivity contribution in [3.63, 3.8) is 0 Å². The Balaban J connectivity index is 2.67. The minimum Gasteiger partial charge on any atom is -0.748 e. The van der Waals surface area contributed by atoms with Crippen LogP contribution in [0.3, 0.4) is 0 Å². The van der Waals surface area contributed by atoms with E-state index >= 15 is 0 Å². The van der Waals surface area contributed by atoms with Crippen molar-refractivity contribution in [3.05, 3.63) is 30.9 Å². The van der Waals surface area contributed by atoms with E-state index in [0.717, 1.165) is 3.57 Å². The van der Waals surface area contributed by atoms with Crippen LogP contribution in [-0.4, -0.2) is 31.3 Å². The van der Waals surface area contributed by atoms with Crippen molar-refractivity contribution in [3.8, 4) is 0 Å². The van der Waals surface area contributed by atoms with Gasteiger partial charge in [0.15, 0.2) is 0 Å². The molecule has 0 aliphatic heterocycles. The summed E-state index contributed by atoms with van der Waals surface area (Å²) >= 11 is 4.03. The van der Waals surface area contributed by atoms with Gasteiger partial charge < -0.3 is 9.29 Å². The molecule has 0 saturated heterocycles. The highest BCUT2D eigenvalue weighted by Gasteiger charge is 2.12. The molecule has 0 atom stereocenters. The number of rotatable bonds is 4. The molecule has 0 amide bonds. The number of halogens is 2. The first-order chi connectivity index (χ1) is 7.79. The van der Waals surface area contributed by atoms with Crippen LogP contribution in [0, 0.1) is 7.14 Å². The third-order valence-corrected chi connectivity index (χ3v) is 3.99. The summed E-state index contributed by atoms with van der Waals surface area (Å²) in [6, 6.07) is 5.22. The summed E-state index contributed by atoms with van der Waals surface area (Å²) in [7, 11) is -4.35. The first-order valence-corrected chi connectivity index (χ1v) is 8.09. The molecule has 0 aromatic heterocycles. The number of carbonyl (C=O) groups is 1. The van der Waals surface area contributed by atoms with Gasteiger partial charge in [-0.2, -0.15) is 0 Å². The zero-order valence-electron chi connectivity index (χ0n) is 8.35. The van der Waals surface area contributed by atoms with Crippen LogP contribution in [0.5, 0.6) is 0 Å². The molecular formula is C9H7I2O5S-. The van der Waals surface area contributed by atoms with Crippen molar-refractivity contribution in [1.82, 2.24) is 0 Å². The minimum absolute atomic E-state index is 0.362. The fourth-order valence-electron chi connectivity index (χ4n) is 0.968. The molecule has 0 fully saturated rings. The molecule has 0 spiro atoms. The zero-order chi connectivity index (χ0) is 13.1. The summed E-state index contributed by atoms with van der Waals surface area (Å²) in [5.41, 5.74) is 0.362. The molecule has 5 nitrogen and oxygen atoms in total. The Kier molecular flexibility index (Phi) is 5.60. The summed E-state index contributed by atoms with van der Waals surface area (Å²) < 4.78 is 37.2. The van der Waals surface area contributed by atoms with Crippen molar-refractivity contribution >= 4 is 61.3 Å². The second-order valence-electron chi connectivity index (χ2n) is 3.02. The van der Waals surface area contributed by atoms with Gasteiger partial charge in [0.25, 0.3) is 0 Å². The third kappa shape index (κ3) is 5.48. The Labute approximate surface area is 126 Å². The third-order valence-electron chi connectivity index (χ3n) is 1.71. The Morgan fingerprint density at radius 2 is 2.00 bits per heavy atom. The molecule has 0 saturated carbocycles. The molecule has 0 radical (unpaired) electrons. The summed E-state index contributed by atoms with van der Waals surface area (Å²) in [4.78, 5) is 11.6. The Morgan fingerprint density at radius 1 is 1.35 bits per heavy atom. The molecule has 17 heavy (non-hydrogen) atoms. The molecule has 0 aliphatic rings. The van der Waals surface area contributed by atoms with E-state index in [0.29, 0.717) is 9.13 Å². The maximum Gasteiger partial charge on any atom is 0.339 e. The van der Waals surface area contributed by atoms with E-state index in [2.05, 4.69) is 0 Å². The highest BCUT2D eigenvalue weighted by Crippen LogP contribution is 2.16.